The van der Waals surface area contributed by atoms with Gasteiger partial charge in [-0.25, -0.2) is 13.2 Å². The number of rotatable bonds is 3. The van der Waals surface area contributed by atoms with Crippen molar-refractivity contribution in [2.24, 2.45) is 0 Å². The molecular formula is C23H19N3O3S. The van der Waals surface area contributed by atoms with Gasteiger partial charge in [-0.2, -0.15) is 9.57 Å². The lowest BCUT2D eigenvalue weighted by molar-refractivity contribution is 0.253. The third kappa shape index (κ3) is 3.11. The molecule has 0 atom stereocenters. The summed E-state index contributed by atoms with van der Waals surface area (Å²) in [5.74, 6) is 0. The van der Waals surface area contributed by atoms with Gasteiger partial charge in [0.1, 0.15) is 4.90 Å². The third-order valence-electron chi connectivity index (χ3n) is 5.27. The molecule has 1 heterocycles. The highest BCUT2D eigenvalue weighted by atomic mass is 32.2. The smallest absolute Gasteiger partial charge is 0.287 e. The number of benzene rings is 3. The molecule has 0 saturated carbocycles. The minimum absolute atomic E-state index is 0.0712. The number of sulfonamides is 1. The van der Waals surface area contributed by atoms with Crippen molar-refractivity contribution in [2.45, 2.75) is 25.3 Å². The fourth-order valence-electron chi connectivity index (χ4n) is 3.57. The number of hydrogen-bond acceptors (Lipinski definition) is 4. The summed E-state index contributed by atoms with van der Waals surface area (Å²) in [4.78, 5) is 15.0. The van der Waals surface area contributed by atoms with E-state index in [9.17, 15) is 18.5 Å². The van der Waals surface area contributed by atoms with Crippen molar-refractivity contribution in [3.63, 3.8) is 0 Å². The van der Waals surface area contributed by atoms with Gasteiger partial charge in [-0.15, -0.1) is 0 Å². The van der Waals surface area contributed by atoms with Crippen LogP contribution in [0.25, 0.3) is 0 Å². The number of urea groups is 1. The first-order valence-electron chi connectivity index (χ1n) is 9.35. The fraction of sp³-hybridized carbons (Fsp3) is 0.130. The Morgan fingerprint density at radius 1 is 0.933 bits per heavy atom. The molecule has 1 aliphatic heterocycles. The number of fused-ring (bicyclic) bond motifs is 1. The monoisotopic (exact) mass is 417 g/mol. The van der Waals surface area contributed by atoms with Crippen LogP contribution in [0, 0.1) is 25.2 Å². The predicted molar refractivity (Wildman–Crippen MR) is 115 cm³/mol. The van der Waals surface area contributed by atoms with Crippen molar-refractivity contribution in [1.29, 1.82) is 5.26 Å². The SMILES string of the molecule is Cc1cccc(N2C(=O)N(Cc3cccc(C#N)c3)c3ccccc3S2(=O)=O)c1C. The van der Waals surface area contributed by atoms with Crippen molar-refractivity contribution in [1.82, 2.24) is 0 Å². The van der Waals surface area contributed by atoms with E-state index in [4.69, 9.17) is 0 Å². The van der Waals surface area contributed by atoms with Gasteiger partial charge < -0.3 is 0 Å². The van der Waals surface area contributed by atoms with E-state index >= 15 is 0 Å². The van der Waals surface area contributed by atoms with Gasteiger partial charge in [-0.05, 0) is 60.9 Å². The molecule has 150 valence electrons. The Kier molecular flexibility index (Phi) is 4.80. The molecule has 0 saturated heterocycles. The van der Waals surface area contributed by atoms with Crippen molar-refractivity contribution in [2.75, 3.05) is 9.21 Å². The second-order valence-corrected chi connectivity index (χ2v) is 8.89. The summed E-state index contributed by atoms with van der Waals surface area (Å²) in [6.07, 6.45) is 0. The molecule has 30 heavy (non-hydrogen) atoms. The lowest BCUT2D eigenvalue weighted by Gasteiger charge is -2.37. The zero-order chi connectivity index (χ0) is 21.5. The van der Waals surface area contributed by atoms with Crippen LogP contribution >= 0.6 is 0 Å². The first kappa shape index (κ1) is 19.7. The quantitative estimate of drug-likeness (QED) is 0.628. The van der Waals surface area contributed by atoms with E-state index in [1.54, 1.807) is 55.5 Å². The van der Waals surface area contributed by atoms with E-state index in [2.05, 4.69) is 6.07 Å². The number of carbonyl (C=O) groups excluding carboxylic acids is 1. The molecule has 0 radical (unpaired) electrons. The summed E-state index contributed by atoms with van der Waals surface area (Å²) in [5.41, 5.74) is 3.49. The molecule has 0 aliphatic carbocycles. The normalized spacial score (nSPS) is 14.9. The topological polar surface area (TPSA) is 81.5 Å². The van der Waals surface area contributed by atoms with Gasteiger partial charge >= 0.3 is 6.03 Å². The molecule has 2 amide bonds. The lowest BCUT2D eigenvalue weighted by Crippen LogP contribution is -2.51. The predicted octanol–water partition coefficient (Wildman–Crippen LogP) is 4.51. The number of para-hydroxylation sites is 1. The van der Waals surface area contributed by atoms with E-state index in [0.717, 1.165) is 21.0 Å². The number of carbonyl (C=O) groups is 1. The Bertz CT molecular complexity index is 1310. The Morgan fingerprint density at radius 2 is 1.63 bits per heavy atom. The van der Waals surface area contributed by atoms with Crippen LogP contribution in [0.2, 0.25) is 0 Å². The molecule has 7 heteroatoms. The summed E-state index contributed by atoms with van der Waals surface area (Å²) in [6, 6.07) is 20.1. The first-order valence-corrected chi connectivity index (χ1v) is 10.8. The maximum Gasteiger partial charge on any atom is 0.343 e. The molecule has 3 aromatic rings. The Morgan fingerprint density at radius 3 is 2.40 bits per heavy atom. The van der Waals surface area contributed by atoms with Crippen molar-refractivity contribution >= 4 is 27.4 Å². The Labute approximate surface area is 175 Å². The van der Waals surface area contributed by atoms with Crippen molar-refractivity contribution < 1.29 is 13.2 Å². The number of nitriles is 1. The maximum absolute atomic E-state index is 13.5. The average Bonchev–Trinajstić information content (AvgIpc) is 2.74. The van der Waals surface area contributed by atoms with Crippen LogP contribution < -0.4 is 9.21 Å². The minimum Gasteiger partial charge on any atom is -0.287 e. The van der Waals surface area contributed by atoms with Gasteiger partial charge in [-0.3, -0.25) is 4.90 Å². The minimum atomic E-state index is -4.07. The molecule has 3 aromatic carbocycles. The van der Waals surface area contributed by atoms with E-state index in [1.165, 1.54) is 11.0 Å². The zero-order valence-electron chi connectivity index (χ0n) is 16.5. The molecule has 0 bridgehead atoms. The Hall–Kier alpha value is -3.63. The van der Waals surface area contributed by atoms with Gasteiger partial charge in [-0.1, -0.05) is 36.4 Å². The van der Waals surface area contributed by atoms with E-state index in [-0.39, 0.29) is 11.4 Å². The number of hydrogen-bond donors (Lipinski definition) is 0. The van der Waals surface area contributed by atoms with Gasteiger partial charge in [0.2, 0.25) is 0 Å². The molecule has 4 rings (SSSR count). The van der Waals surface area contributed by atoms with Crippen LogP contribution in [0.4, 0.5) is 16.2 Å². The number of amides is 2. The molecule has 0 aromatic heterocycles. The lowest BCUT2D eigenvalue weighted by atomic mass is 10.1. The van der Waals surface area contributed by atoms with Crippen LogP contribution in [0.5, 0.6) is 0 Å². The zero-order valence-corrected chi connectivity index (χ0v) is 17.3. The largest absolute Gasteiger partial charge is 0.343 e. The number of aryl methyl sites for hydroxylation is 1. The number of anilines is 2. The second kappa shape index (κ2) is 7.32. The number of nitrogens with zero attached hydrogens (tertiary/aromatic N) is 3. The molecule has 0 spiro atoms. The average molecular weight is 417 g/mol. The van der Waals surface area contributed by atoms with Crippen LogP contribution in [0.15, 0.2) is 71.6 Å². The van der Waals surface area contributed by atoms with Crippen LogP contribution in [0.1, 0.15) is 22.3 Å². The molecular weight excluding hydrogens is 398 g/mol. The van der Waals surface area contributed by atoms with Gasteiger partial charge in [0.15, 0.2) is 0 Å². The standard InChI is InChI=1S/C23H19N3O3S/c1-16-7-5-11-20(17(16)2)26-23(27)25(15-19-9-6-8-18(13-19)14-24)21-10-3-4-12-22(21)30(26,28)29/h3-13H,15H2,1-2H3. The van der Waals surface area contributed by atoms with Crippen LogP contribution in [0.3, 0.4) is 0 Å². The van der Waals surface area contributed by atoms with E-state index in [0.29, 0.717) is 16.9 Å². The highest BCUT2D eigenvalue weighted by Crippen LogP contribution is 2.39. The summed E-state index contributed by atoms with van der Waals surface area (Å²) in [5, 5.41) is 9.18. The first-order chi connectivity index (χ1) is 14.3. The van der Waals surface area contributed by atoms with Crippen molar-refractivity contribution in [3.8, 4) is 6.07 Å². The van der Waals surface area contributed by atoms with Gasteiger partial charge in [0.05, 0.1) is 29.6 Å². The van der Waals surface area contributed by atoms with Crippen molar-refractivity contribution in [3.05, 3.63) is 89.0 Å². The van der Waals surface area contributed by atoms with Gasteiger partial charge in [0.25, 0.3) is 10.0 Å². The highest BCUT2D eigenvalue weighted by Gasteiger charge is 2.43. The molecule has 6 nitrogen and oxygen atoms in total. The summed E-state index contributed by atoms with van der Waals surface area (Å²) in [6.45, 7) is 3.82. The highest BCUT2D eigenvalue weighted by molar-refractivity contribution is 7.94. The fourth-order valence-corrected chi connectivity index (χ4v) is 5.23. The second-order valence-electron chi connectivity index (χ2n) is 7.14. The van der Waals surface area contributed by atoms with Crippen LogP contribution in [-0.4, -0.2) is 14.4 Å². The summed E-state index contributed by atoms with van der Waals surface area (Å²) < 4.78 is 27.7. The molecule has 0 N–H and O–H groups in total. The molecule has 1 aliphatic rings. The van der Waals surface area contributed by atoms with E-state index in [1.807, 2.05) is 19.1 Å². The molecule has 0 unspecified atom stereocenters. The Balaban J connectivity index is 1.90. The molecule has 0 fully saturated rings. The summed E-state index contributed by atoms with van der Waals surface area (Å²) in [7, 11) is -4.07. The van der Waals surface area contributed by atoms with E-state index < -0.39 is 16.1 Å². The van der Waals surface area contributed by atoms with Gasteiger partial charge in [0, 0.05) is 0 Å². The third-order valence-corrected chi connectivity index (χ3v) is 7.01. The van der Waals surface area contributed by atoms with Crippen LogP contribution in [-0.2, 0) is 16.6 Å². The maximum atomic E-state index is 13.5. The summed E-state index contributed by atoms with van der Waals surface area (Å²) >= 11 is 0.